The van der Waals surface area contributed by atoms with Crippen LogP contribution in [0.15, 0.2) is 24.3 Å². The van der Waals surface area contributed by atoms with Gasteiger partial charge in [-0.1, -0.05) is 18.2 Å². The summed E-state index contributed by atoms with van der Waals surface area (Å²) in [5.41, 5.74) is 0.0910. The second-order valence-electron chi connectivity index (χ2n) is 5.54. The standard InChI is InChI=1S/C15H20F3NO/c1-11(19-7-3-6-14(20)10-19)8-12-4-2-5-13(9-12)15(16,17)18/h2,4-5,9,11,14,20H,3,6-8,10H2,1H3/t11-,14-/m1/s1. The van der Waals surface area contributed by atoms with Crippen molar-refractivity contribution in [3.8, 4) is 0 Å². The van der Waals surface area contributed by atoms with E-state index >= 15 is 0 Å². The van der Waals surface area contributed by atoms with Gasteiger partial charge in [-0.2, -0.15) is 13.2 Å². The van der Waals surface area contributed by atoms with Crippen LogP contribution in [0.4, 0.5) is 13.2 Å². The number of hydrogen-bond acceptors (Lipinski definition) is 2. The number of halogens is 3. The summed E-state index contributed by atoms with van der Waals surface area (Å²) in [5.74, 6) is 0. The number of β-amino-alcohol motifs (C(OH)–C–C–N with tert-alkyl or cyclic N) is 1. The number of aliphatic hydroxyl groups excluding tert-OH is 1. The number of alkyl halides is 3. The molecule has 2 rings (SSSR count). The maximum atomic E-state index is 12.7. The van der Waals surface area contributed by atoms with Gasteiger partial charge in [0.1, 0.15) is 0 Å². The number of hydrogen-bond donors (Lipinski definition) is 1. The molecular weight excluding hydrogens is 267 g/mol. The Kier molecular flexibility index (Phi) is 4.70. The van der Waals surface area contributed by atoms with Crippen LogP contribution >= 0.6 is 0 Å². The molecule has 0 amide bonds. The Balaban J connectivity index is 2.02. The van der Waals surface area contributed by atoms with Crippen LogP contribution in [0.25, 0.3) is 0 Å². The van der Waals surface area contributed by atoms with Gasteiger partial charge in [0, 0.05) is 12.6 Å². The average molecular weight is 287 g/mol. The van der Waals surface area contributed by atoms with Gasteiger partial charge in [-0.25, -0.2) is 0 Å². The Morgan fingerprint density at radius 2 is 2.15 bits per heavy atom. The van der Waals surface area contributed by atoms with Crippen LogP contribution < -0.4 is 0 Å². The first-order valence-corrected chi connectivity index (χ1v) is 6.94. The summed E-state index contributed by atoms with van der Waals surface area (Å²) >= 11 is 0. The van der Waals surface area contributed by atoms with Crippen molar-refractivity contribution >= 4 is 0 Å². The molecule has 1 N–H and O–H groups in total. The van der Waals surface area contributed by atoms with Crippen LogP contribution in [0.3, 0.4) is 0 Å². The molecule has 2 nitrogen and oxygen atoms in total. The molecule has 1 aromatic carbocycles. The zero-order chi connectivity index (χ0) is 14.8. The molecule has 0 radical (unpaired) electrons. The fourth-order valence-corrected chi connectivity index (χ4v) is 2.73. The van der Waals surface area contributed by atoms with Crippen molar-refractivity contribution in [1.82, 2.24) is 4.90 Å². The third-order valence-electron chi connectivity index (χ3n) is 3.84. The van der Waals surface area contributed by atoms with Crippen LogP contribution in [-0.2, 0) is 12.6 Å². The van der Waals surface area contributed by atoms with Crippen molar-refractivity contribution < 1.29 is 18.3 Å². The molecule has 20 heavy (non-hydrogen) atoms. The maximum Gasteiger partial charge on any atom is 0.416 e. The smallest absolute Gasteiger partial charge is 0.392 e. The molecule has 1 saturated heterocycles. The van der Waals surface area contributed by atoms with Gasteiger partial charge in [0.2, 0.25) is 0 Å². The Morgan fingerprint density at radius 3 is 2.80 bits per heavy atom. The summed E-state index contributed by atoms with van der Waals surface area (Å²) in [6.07, 6.45) is -2.29. The molecular formula is C15H20F3NO. The largest absolute Gasteiger partial charge is 0.416 e. The first-order valence-electron chi connectivity index (χ1n) is 6.94. The number of aliphatic hydroxyl groups is 1. The summed E-state index contributed by atoms with van der Waals surface area (Å²) in [4.78, 5) is 2.15. The molecule has 2 atom stereocenters. The highest BCUT2D eigenvalue weighted by Crippen LogP contribution is 2.30. The first-order chi connectivity index (χ1) is 9.36. The Hall–Kier alpha value is -1.07. The van der Waals surface area contributed by atoms with Crippen molar-refractivity contribution in [3.63, 3.8) is 0 Å². The number of benzene rings is 1. The van der Waals surface area contributed by atoms with Crippen molar-refractivity contribution in [2.75, 3.05) is 13.1 Å². The minimum atomic E-state index is -4.29. The predicted molar refractivity (Wildman–Crippen MR) is 71.4 cm³/mol. The van der Waals surface area contributed by atoms with Gasteiger partial charge in [-0.15, -0.1) is 0 Å². The van der Waals surface area contributed by atoms with Crippen LogP contribution in [0.5, 0.6) is 0 Å². The summed E-state index contributed by atoms with van der Waals surface area (Å²) in [5, 5.41) is 9.65. The monoisotopic (exact) mass is 287 g/mol. The van der Waals surface area contributed by atoms with Gasteiger partial charge in [0.05, 0.1) is 11.7 Å². The highest BCUT2D eigenvalue weighted by atomic mass is 19.4. The lowest BCUT2D eigenvalue weighted by Gasteiger charge is -2.35. The average Bonchev–Trinajstić information content (AvgIpc) is 2.38. The molecule has 0 aromatic heterocycles. The second kappa shape index (κ2) is 6.14. The van der Waals surface area contributed by atoms with E-state index in [1.165, 1.54) is 12.1 Å². The van der Waals surface area contributed by atoms with Crippen LogP contribution in [-0.4, -0.2) is 35.2 Å². The zero-order valence-corrected chi connectivity index (χ0v) is 11.5. The van der Waals surface area contributed by atoms with Gasteiger partial charge < -0.3 is 5.11 Å². The number of nitrogens with zero attached hydrogens (tertiary/aromatic N) is 1. The molecule has 112 valence electrons. The number of likely N-dealkylation sites (tertiary alicyclic amines) is 1. The lowest BCUT2D eigenvalue weighted by molar-refractivity contribution is -0.137. The summed E-state index contributed by atoms with van der Waals surface area (Å²) in [7, 11) is 0. The molecule has 0 spiro atoms. The van der Waals surface area contributed by atoms with Crippen LogP contribution in [0, 0.1) is 0 Å². The molecule has 1 aliphatic heterocycles. The lowest BCUT2D eigenvalue weighted by atomic mass is 10.0. The third kappa shape index (κ3) is 3.96. The quantitative estimate of drug-likeness (QED) is 0.923. The minimum absolute atomic E-state index is 0.133. The molecule has 1 heterocycles. The van der Waals surface area contributed by atoms with Crippen molar-refractivity contribution in [3.05, 3.63) is 35.4 Å². The van der Waals surface area contributed by atoms with Gasteiger partial charge >= 0.3 is 6.18 Å². The maximum absolute atomic E-state index is 12.7. The minimum Gasteiger partial charge on any atom is -0.392 e. The Labute approximate surface area is 117 Å². The van der Waals surface area contributed by atoms with Gasteiger partial charge in [-0.05, 0) is 44.4 Å². The number of rotatable bonds is 3. The first kappa shape index (κ1) is 15.3. The lowest BCUT2D eigenvalue weighted by Crippen LogP contribution is -2.44. The van der Waals surface area contributed by atoms with Crippen molar-refractivity contribution in [1.29, 1.82) is 0 Å². The van der Waals surface area contributed by atoms with E-state index in [0.29, 0.717) is 18.5 Å². The summed E-state index contributed by atoms with van der Waals surface area (Å²) < 4.78 is 38.0. The summed E-state index contributed by atoms with van der Waals surface area (Å²) in [6, 6.07) is 5.63. The summed E-state index contributed by atoms with van der Waals surface area (Å²) in [6.45, 7) is 3.51. The van der Waals surface area contributed by atoms with E-state index in [1.807, 2.05) is 6.92 Å². The molecule has 1 fully saturated rings. The van der Waals surface area contributed by atoms with Gasteiger partial charge in [0.15, 0.2) is 0 Å². The second-order valence-corrected chi connectivity index (χ2v) is 5.54. The molecule has 5 heteroatoms. The topological polar surface area (TPSA) is 23.5 Å². The Bertz CT molecular complexity index is 447. The van der Waals surface area contributed by atoms with E-state index in [0.717, 1.165) is 25.5 Å². The van der Waals surface area contributed by atoms with Gasteiger partial charge in [0.25, 0.3) is 0 Å². The molecule has 1 aliphatic rings. The fourth-order valence-electron chi connectivity index (χ4n) is 2.73. The van der Waals surface area contributed by atoms with E-state index in [1.54, 1.807) is 6.07 Å². The van der Waals surface area contributed by atoms with E-state index in [4.69, 9.17) is 0 Å². The Morgan fingerprint density at radius 1 is 1.40 bits per heavy atom. The van der Waals surface area contributed by atoms with Crippen LogP contribution in [0.1, 0.15) is 30.9 Å². The molecule has 0 saturated carbocycles. The fraction of sp³-hybridized carbons (Fsp3) is 0.600. The predicted octanol–water partition coefficient (Wildman–Crippen LogP) is 3.09. The molecule has 1 aromatic rings. The normalized spacial score (nSPS) is 22.8. The van der Waals surface area contributed by atoms with Crippen molar-refractivity contribution in [2.45, 2.75) is 44.5 Å². The number of piperidine rings is 1. The highest BCUT2D eigenvalue weighted by molar-refractivity contribution is 5.26. The van der Waals surface area contributed by atoms with E-state index < -0.39 is 11.7 Å². The van der Waals surface area contributed by atoms with Crippen molar-refractivity contribution in [2.24, 2.45) is 0 Å². The van der Waals surface area contributed by atoms with Crippen LogP contribution in [0.2, 0.25) is 0 Å². The zero-order valence-electron chi connectivity index (χ0n) is 11.5. The molecule has 0 unspecified atom stereocenters. The van der Waals surface area contributed by atoms with E-state index in [2.05, 4.69) is 4.90 Å². The highest BCUT2D eigenvalue weighted by Gasteiger charge is 2.30. The molecule has 0 bridgehead atoms. The SMILES string of the molecule is C[C@H](Cc1cccc(C(F)(F)F)c1)N1CCC[C@@H](O)C1. The van der Waals surface area contributed by atoms with Gasteiger partial charge in [-0.3, -0.25) is 4.90 Å². The third-order valence-corrected chi connectivity index (χ3v) is 3.84. The van der Waals surface area contributed by atoms with E-state index in [-0.39, 0.29) is 12.1 Å². The molecule has 0 aliphatic carbocycles. The van der Waals surface area contributed by atoms with E-state index in [9.17, 15) is 18.3 Å².